The Balaban J connectivity index is 1.45. The van der Waals surface area contributed by atoms with E-state index in [9.17, 15) is 4.79 Å². The minimum Gasteiger partial charge on any atom is -0.334 e. The summed E-state index contributed by atoms with van der Waals surface area (Å²) < 4.78 is 0. The van der Waals surface area contributed by atoms with Crippen molar-refractivity contribution in [1.29, 1.82) is 0 Å². The van der Waals surface area contributed by atoms with Crippen molar-refractivity contribution >= 4 is 29.2 Å². The van der Waals surface area contributed by atoms with Gasteiger partial charge in [0.15, 0.2) is 0 Å². The Labute approximate surface area is 147 Å². The van der Waals surface area contributed by atoms with E-state index in [1.807, 2.05) is 11.0 Å². The molecule has 0 aromatic heterocycles. The molecule has 0 bridgehead atoms. The molecular weight excluding hydrogens is 333 g/mol. The summed E-state index contributed by atoms with van der Waals surface area (Å²) in [6.45, 7) is 5.54. The van der Waals surface area contributed by atoms with Crippen molar-refractivity contribution < 1.29 is 4.79 Å². The molecule has 2 saturated heterocycles. The highest BCUT2D eigenvalue weighted by molar-refractivity contribution is 6.35. The number of benzene rings is 1. The molecule has 2 heterocycles. The molecule has 0 saturated carbocycles. The minimum absolute atomic E-state index is 0.0167. The van der Waals surface area contributed by atoms with Crippen LogP contribution in [0, 0.1) is 0 Å². The third kappa shape index (κ3) is 3.93. The van der Waals surface area contributed by atoms with Crippen molar-refractivity contribution in [3.63, 3.8) is 0 Å². The lowest BCUT2D eigenvalue weighted by Crippen LogP contribution is -2.64. The monoisotopic (exact) mass is 355 g/mol. The molecular formula is C17H23Cl2N3O. The van der Waals surface area contributed by atoms with Gasteiger partial charge in [-0.15, -0.1) is 0 Å². The molecule has 6 heteroatoms. The van der Waals surface area contributed by atoms with E-state index in [0.717, 1.165) is 18.7 Å². The second-order valence-corrected chi connectivity index (χ2v) is 7.38. The number of carbonyl (C=O) groups excluding carboxylic acids is 1. The van der Waals surface area contributed by atoms with E-state index in [4.69, 9.17) is 23.2 Å². The molecule has 2 amide bonds. The van der Waals surface area contributed by atoms with Crippen LogP contribution < -0.4 is 5.32 Å². The van der Waals surface area contributed by atoms with Gasteiger partial charge in [-0.25, -0.2) is 4.79 Å². The predicted molar refractivity (Wildman–Crippen MR) is 94.1 cm³/mol. The summed E-state index contributed by atoms with van der Waals surface area (Å²) in [5.41, 5.74) is 0.881. The van der Waals surface area contributed by atoms with Gasteiger partial charge in [-0.3, -0.25) is 4.90 Å². The summed E-state index contributed by atoms with van der Waals surface area (Å²) >= 11 is 12.0. The molecule has 0 unspecified atom stereocenters. The van der Waals surface area contributed by atoms with Gasteiger partial charge in [-0.2, -0.15) is 0 Å². The number of hydrogen-bond acceptors (Lipinski definition) is 2. The molecule has 4 nitrogen and oxygen atoms in total. The Kier molecular flexibility index (Phi) is 5.34. The van der Waals surface area contributed by atoms with Gasteiger partial charge in [-0.05, 0) is 44.0 Å². The lowest BCUT2D eigenvalue weighted by Gasteiger charge is -2.49. The minimum atomic E-state index is -0.0167. The molecule has 1 aromatic carbocycles. The van der Waals surface area contributed by atoms with Crippen molar-refractivity contribution in [2.45, 2.75) is 44.8 Å². The summed E-state index contributed by atoms with van der Waals surface area (Å²) in [6.07, 6.45) is 3.89. The highest BCUT2D eigenvalue weighted by atomic mass is 35.5. The third-order valence-electron chi connectivity index (χ3n) is 4.92. The number of amides is 2. The molecule has 0 radical (unpaired) electrons. The van der Waals surface area contributed by atoms with E-state index in [-0.39, 0.29) is 6.03 Å². The maximum absolute atomic E-state index is 12.2. The van der Waals surface area contributed by atoms with Crippen LogP contribution >= 0.6 is 23.2 Å². The Bertz CT molecular complexity index is 575. The van der Waals surface area contributed by atoms with Gasteiger partial charge in [0.25, 0.3) is 0 Å². The highest BCUT2D eigenvalue weighted by Gasteiger charge is 2.37. The first-order valence-electron chi connectivity index (χ1n) is 8.27. The highest BCUT2D eigenvalue weighted by Crippen LogP contribution is 2.25. The number of nitrogens with zero attached hydrogens (tertiary/aromatic N) is 2. The number of piperidine rings is 1. The number of hydrogen-bond donors (Lipinski definition) is 1. The summed E-state index contributed by atoms with van der Waals surface area (Å²) in [5.74, 6) is 0. The molecule has 3 rings (SSSR count). The second kappa shape index (κ2) is 7.29. The van der Waals surface area contributed by atoms with E-state index in [0.29, 0.717) is 28.7 Å². The predicted octanol–water partition coefficient (Wildman–Crippen LogP) is 3.76. The van der Waals surface area contributed by atoms with Crippen LogP contribution in [0.5, 0.6) is 0 Å². The molecule has 23 heavy (non-hydrogen) atoms. The number of halogens is 2. The molecule has 0 aliphatic carbocycles. The molecule has 0 spiro atoms. The first-order chi connectivity index (χ1) is 11.0. The average molecular weight is 356 g/mol. The Hall–Kier alpha value is -0.970. The van der Waals surface area contributed by atoms with Crippen molar-refractivity contribution in [2.24, 2.45) is 0 Å². The SMILES string of the molecule is C[C@H]1CCCCN1C1CN(C(=O)NCc2ccc(Cl)cc2Cl)C1. The number of likely N-dealkylation sites (tertiary alicyclic amines) is 2. The fourth-order valence-electron chi connectivity index (χ4n) is 3.44. The van der Waals surface area contributed by atoms with Crippen LogP contribution in [-0.4, -0.2) is 47.5 Å². The fourth-order valence-corrected chi connectivity index (χ4v) is 3.92. The third-order valence-corrected chi connectivity index (χ3v) is 5.50. The molecule has 2 fully saturated rings. The van der Waals surface area contributed by atoms with Crippen molar-refractivity contribution in [3.05, 3.63) is 33.8 Å². The largest absolute Gasteiger partial charge is 0.334 e. The zero-order chi connectivity index (χ0) is 16.4. The summed E-state index contributed by atoms with van der Waals surface area (Å²) in [6, 6.07) is 6.48. The molecule has 2 aliphatic rings. The summed E-state index contributed by atoms with van der Waals surface area (Å²) in [7, 11) is 0. The topological polar surface area (TPSA) is 35.6 Å². The van der Waals surface area contributed by atoms with Gasteiger partial charge >= 0.3 is 6.03 Å². The lowest BCUT2D eigenvalue weighted by molar-refractivity contribution is 0.0169. The van der Waals surface area contributed by atoms with Crippen LogP contribution in [0.15, 0.2) is 18.2 Å². The van der Waals surface area contributed by atoms with E-state index in [1.165, 1.54) is 25.8 Å². The Morgan fingerprint density at radius 2 is 2.09 bits per heavy atom. The molecule has 2 aliphatic heterocycles. The normalized spacial score (nSPS) is 22.7. The van der Waals surface area contributed by atoms with Crippen LogP contribution in [0.3, 0.4) is 0 Å². The summed E-state index contributed by atoms with van der Waals surface area (Å²) in [4.78, 5) is 16.6. The zero-order valence-electron chi connectivity index (χ0n) is 13.4. The maximum Gasteiger partial charge on any atom is 0.317 e. The number of rotatable bonds is 3. The fraction of sp³-hybridized carbons (Fsp3) is 0.588. The molecule has 126 valence electrons. The first kappa shape index (κ1) is 16.9. The standard InChI is InChI=1S/C17H23Cl2N3O/c1-12-4-2-3-7-22(12)15-10-21(11-15)17(23)20-9-13-5-6-14(18)8-16(13)19/h5-6,8,12,15H,2-4,7,9-11H2,1H3,(H,20,23)/t12-/m0/s1. The van der Waals surface area contributed by atoms with Crippen molar-refractivity contribution in [2.75, 3.05) is 19.6 Å². The van der Waals surface area contributed by atoms with Crippen molar-refractivity contribution in [1.82, 2.24) is 15.1 Å². The average Bonchev–Trinajstić information content (AvgIpc) is 2.47. The van der Waals surface area contributed by atoms with Crippen LogP contribution in [-0.2, 0) is 6.54 Å². The van der Waals surface area contributed by atoms with Gasteiger partial charge in [0.2, 0.25) is 0 Å². The molecule has 1 aromatic rings. The van der Waals surface area contributed by atoms with Gasteiger partial charge < -0.3 is 10.2 Å². The van der Waals surface area contributed by atoms with Crippen LogP contribution in [0.2, 0.25) is 10.0 Å². The smallest absolute Gasteiger partial charge is 0.317 e. The van der Waals surface area contributed by atoms with Gasteiger partial charge in [0.05, 0.1) is 0 Å². The Morgan fingerprint density at radius 3 is 2.78 bits per heavy atom. The van der Waals surface area contributed by atoms with E-state index < -0.39 is 0 Å². The van der Waals surface area contributed by atoms with E-state index >= 15 is 0 Å². The number of urea groups is 1. The summed E-state index contributed by atoms with van der Waals surface area (Å²) in [5, 5.41) is 4.12. The number of carbonyl (C=O) groups is 1. The van der Waals surface area contributed by atoms with E-state index in [1.54, 1.807) is 12.1 Å². The maximum atomic E-state index is 12.2. The van der Waals surface area contributed by atoms with Crippen LogP contribution in [0.1, 0.15) is 31.7 Å². The van der Waals surface area contributed by atoms with Crippen molar-refractivity contribution in [3.8, 4) is 0 Å². The van der Waals surface area contributed by atoms with Gasteiger partial charge in [0, 0.05) is 41.8 Å². The quantitative estimate of drug-likeness (QED) is 0.895. The first-order valence-corrected chi connectivity index (χ1v) is 9.02. The zero-order valence-corrected chi connectivity index (χ0v) is 14.9. The second-order valence-electron chi connectivity index (χ2n) is 6.54. The van der Waals surface area contributed by atoms with E-state index in [2.05, 4.69) is 17.1 Å². The molecule has 1 N–H and O–H groups in total. The number of nitrogens with one attached hydrogen (secondary N) is 1. The molecule has 1 atom stereocenters. The van der Waals surface area contributed by atoms with Gasteiger partial charge in [-0.1, -0.05) is 35.7 Å². The van der Waals surface area contributed by atoms with Gasteiger partial charge in [0.1, 0.15) is 0 Å². The Morgan fingerprint density at radius 1 is 1.30 bits per heavy atom. The van der Waals surface area contributed by atoms with Crippen LogP contribution in [0.25, 0.3) is 0 Å². The van der Waals surface area contributed by atoms with Crippen LogP contribution in [0.4, 0.5) is 4.79 Å². The lowest BCUT2D eigenvalue weighted by atomic mass is 9.98.